The van der Waals surface area contributed by atoms with Crippen LogP contribution in [0.3, 0.4) is 0 Å². The third-order valence-electron chi connectivity index (χ3n) is 4.05. The molecule has 0 amide bonds. The second-order valence-electron chi connectivity index (χ2n) is 7.08. The van der Waals surface area contributed by atoms with Crippen molar-refractivity contribution in [2.75, 3.05) is 16.4 Å². The number of hydrogen-bond donors (Lipinski definition) is 2. The first-order valence-electron chi connectivity index (χ1n) is 9.65. The van der Waals surface area contributed by atoms with Gasteiger partial charge in [-0.15, -0.1) is 0 Å². The maximum absolute atomic E-state index is 12.4. The lowest BCUT2D eigenvalue weighted by Gasteiger charge is -2.14. The maximum atomic E-state index is 12.4. The SMILES string of the molecule is CCCS(=O)(=O)c1cccc(Nc2cc(NC(C)C)nc(-c3cccc(Cl)n3)n2)c1. The lowest BCUT2D eigenvalue weighted by Crippen LogP contribution is -2.12. The fourth-order valence-electron chi connectivity index (χ4n) is 2.83. The molecule has 2 heterocycles. The molecule has 0 spiro atoms. The Bertz CT molecular complexity index is 1140. The number of nitrogens with zero attached hydrogens (tertiary/aromatic N) is 3. The van der Waals surface area contributed by atoms with Crippen LogP contribution in [0.4, 0.5) is 17.3 Å². The summed E-state index contributed by atoms with van der Waals surface area (Å²) in [6.07, 6.45) is 0.562. The first-order chi connectivity index (χ1) is 14.3. The first kappa shape index (κ1) is 22.0. The average Bonchev–Trinajstić information content (AvgIpc) is 2.67. The highest BCUT2D eigenvalue weighted by atomic mass is 35.5. The molecule has 1 aromatic carbocycles. The quantitative estimate of drug-likeness (QED) is 0.474. The number of anilines is 3. The summed E-state index contributed by atoms with van der Waals surface area (Å²) < 4.78 is 24.8. The van der Waals surface area contributed by atoms with Crippen molar-refractivity contribution in [2.24, 2.45) is 0 Å². The second-order valence-corrected chi connectivity index (χ2v) is 9.57. The highest BCUT2D eigenvalue weighted by molar-refractivity contribution is 7.91. The molecule has 30 heavy (non-hydrogen) atoms. The number of benzene rings is 1. The third-order valence-corrected chi connectivity index (χ3v) is 6.17. The van der Waals surface area contributed by atoms with Gasteiger partial charge in [-0.25, -0.2) is 23.4 Å². The van der Waals surface area contributed by atoms with Gasteiger partial charge in [0.25, 0.3) is 0 Å². The number of pyridine rings is 1. The monoisotopic (exact) mass is 445 g/mol. The zero-order valence-corrected chi connectivity index (χ0v) is 18.6. The van der Waals surface area contributed by atoms with Gasteiger partial charge >= 0.3 is 0 Å². The predicted molar refractivity (Wildman–Crippen MR) is 121 cm³/mol. The van der Waals surface area contributed by atoms with E-state index >= 15 is 0 Å². The second kappa shape index (κ2) is 9.40. The molecular formula is C21H24ClN5O2S. The number of hydrogen-bond acceptors (Lipinski definition) is 7. The van der Waals surface area contributed by atoms with E-state index in [1.165, 1.54) is 0 Å². The standard InChI is InChI=1S/C21H24ClN5O2S/c1-4-11-30(28,29)16-8-5-7-15(12-16)24-20-13-19(23-14(2)3)26-21(27-20)17-9-6-10-18(22)25-17/h5-10,12-14H,4,11H2,1-3H3,(H2,23,24,26,27). The van der Waals surface area contributed by atoms with E-state index in [0.29, 0.717) is 40.4 Å². The molecule has 0 atom stereocenters. The highest BCUT2D eigenvalue weighted by Crippen LogP contribution is 2.25. The Morgan fingerprint density at radius 3 is 2.43 bits per heavy atom. The number of rotatable bonds is 8. The molecule has 0 aliphatic heterocycles. The van der Waals surface area contributed by atoms with Gasteiger partial charge in [0.2, 0.25) is 0 Å². The van der Waals surface area contributed by atoms with E-state index in [4.69, 9.17) is 11.6 Å². The zero-order chi connectivity index (χ0) is 21.7. The molecule has 0 saturated carbocycles. The number of aromatic nitrogens is 3. The van der Waals surface area contributed by atoms with Crippen LogP contribution in [-0.2, 0) is 9.84 Å². The van der Waals surface area contributed by atoms with Crippen LogP contribution in [0.2, 0.25) is 5.15 Å². The van der Waals surface area contributed by atoms with Gasteiger partial charge in [-0.05, 0) is 50.6 Å². The van der Waals surface area contributed by atoms with Crippen LogP contribution in [0, 0.1) is 0 Å². The fraction of sp³-hybridized carbons (Fsp3) is 0.286. The largest absolute Gasteiger partial charge is 0.368 e. The van der Waals surface area contributed by atoms with Gasteiger partial charge in [0.05, 0.1) is 10.6 Å². The maximum Gasteiger partial charge on any atom is 0.182 e. The molecule has 0 bridgehead atoms. The van der Waals surface area contributed by atoms with Crippen molar-refractivity contribution in [3.05, 3.63) is 53.7 Å². The summed E-state index contributed by atoms with van der Waals surface area (Å²) in [4.78, 5) is 13.6. The van der Waals surface area contributed by atoms with Gasteiger partial charge in [0.1, 0.15) is 22.5 Å². The molecule has 3 aromatic rings. The Balaban J connectivity index is 1.98. The highest BCUT2D eigenvalue weighted by Gasteiger charge is 2.14. The van der Waals surface area contributed by atoms with Gasteiger partial charge < -0.3 is 10.6 Å². The number of halogens is 1. The van der Waals surface area contributed by atoms with E-state index in [0.717, 1.165) is 0 Å². The molecule has 0 aliphatic rings. The van der Waals surface area contributed by atoms with Crippen molar-refractivity contribution in [1.29, 1.82) is 0 Å². The minimum absolute atomic E-state index is 0.108. The minimum Gasteiger partial charge on any atom is -0.368 e. The summed E-state index contributed by atoms with van der Waals surface area (Å²) in [6.45, 7) is 5.86. The topological polar surface area (TPSA) is 96.9 Å². The van der Waals surface area contributed by atoms with E-state index in [1.807, 2.05) is 20.8 Å². The van der Waals surface area contributed by atoms with Crippen molar-refractivity contribution in [1.82, 2.24) is 15.0 Å². The molecule has 3 rings (SSSR count). The molecule has 2 aromatic heterocycles. The van der Waals surface area contributed by atoms with Gasteiger partial charge in [0, 0.05) is 17.8 Å². The lowest BCUT2D eigenvalue weighted by molar-refractivity contribution is 0.595. The van der Waals surface area contributed by atoms with E-state index in [2.05, 4.69) is 25.6 Å². The van der Waals surface area contributed by atoms with E-state index < -0.39 is 9.84 Å². The molecule has 0 aliphatic carbocycles. The van der Waals surface area contributed by atoms with Crippen LogP contribution >= 0.6 is 11.6 Å². The van der Waals surface area contributed by atoms with E-state index in [1.54, 1.807) is 48.5 Å². The van der Waals surface area contributed by atoms with Crippen molar-refractivity contribution in [3.63, 3.8) is 0 Å². The molecular weight excluding hydrogens is 422 g/mol. The van der Waals surface area contributed by atoms with Crippen LogP contribution in [-0.4, -0.2) is 35.2 Å². The molecule has 0 radical (unpaired) electrons. The predicted octanol–water partition coefficient (Wildman–Crippen LogP) is 4.94. The minimum atomic E-state index is -3.31. The molecule has 0 saturated heterocycles. The van der Waals surface area contributed by atoms with Crippen molar-refractivity contribution in [3.8, 4) is 11.5 Å². The van der Waals surface area contributed by atoms with Crippen LogP contribution in [0.15, 0.2) is 53.4 Å². The van der Waals surface area contributed by atoms with Crippen LogP contribution in [0.1, 0.15) is 27.2 Å². The Morgan fingerprint density at radius 2 is 1.73 bits per heavy atom. The molecule has 0 unspecified atom stereocenters. The molecule has 158 valence electrons. The van der Waals surface area contributed by atoms with Gasteiger partial charge in [-0.1, -0.05) is 30.7 Å². The third kappa shape index (κ3) is 5.67. The van der Waals surface area contributed by atoms with Gasteiger partial charge in [-0.3, -0.25) is 0 Å². The van der Waals surface area contributed by atoms with Gasteiger partial charge in [-0.2, -0.15) is 0 Å². The Morgan fingerprint density at radius 1 is 1.00 bits per heavy atom. The summed E-state index contributed by atoms with van der Waals surface area (Å²) >= 11 is 6.02. The molecule has 9 heteroatoms. The Kier molecular flexibility index (Phi) is 6.89. The van der Waals surface area contributed by atoms with Crippen molar-refractivity contribution in [2.45, 2.75) is 38.1 Å². The molecule has 2 N–H and O–H groups in total. The summed E-state index contributed by atoms with van der Waals surface area (Å²) in [5.74, 6) is 1.64. The Labute approximate surface area is 181 Å². The Hall–Kier alpha value is -2.71. The summed E-state index contributed by atoms with van der Waals surface area (Å²) in [5, 5.41) is 6.79. The number of nitrogens with one attached hydrogen (secondary N) is 2. The molecule has 7 nitrogen and oxygen atoms in total. The van der Waals surface area contributed by atoms with Gasteiger partial charge in [0.15, 0.2) is 15.7 Å². The number of sulfone groups is 1. The van der Waals surface area contributed by atoms with Crippen LogP contribution in [0.25, 0.3) is 11.5 Å². The van der Waals surface area contributed by atoms with E-state index in [9.17, 15) is 8.42 Å². The summed E-state index contributed by atoms with van der Waals surface area (Å²) in [5.41, 5.74) is 1.16. The normalized spacial score (nSPS) is 11.5. The fourth-order valence-corrected chi connectivity index (χ4v) is 4.36. The lowest BCUT2D eigenvalue weighted by atomic mass is 10.3. The van der Waals surface area contributed by atoms with E-state index in [-0.39, 0.29) is 16.7 Å². The summed E-state index contributed by atoms with van der Waals surface area (Å²) in [6, 6.07) is 13.9. The van der Waals surface area contributed by atoms with Crippen LogP contribution in [0.5, 0.6) is 0 Å². The average molecular weight is 446 g/mol. The summed E-state index contributed by atoms with van der Waals surface area (Å²) in [7, 11) is -3.31. The zero-order valence-electron chi connectivity index (χ0n) is 17.1. The van der Waals surface area contributed by atoms with Crippen molar-refractivity contribution >= 4 is 38.8 Å². The first-order valence-corrected chi connectivity index (χ1v) is 11.7. The molecule has 0 fully saturated rings. The van der Waals surface area contributed by atoms with Crippen LogP contribution < -0.4 is 10.6 Å². The smallest absolute Gasteiger partial charge is 0.182 e. The van der Waals surface area contributed by atoms with Crippen molar-refractivity contribution < 1.29 is 8.42 Å².